The fourth-order valence-electron chi connectivity index (χ4n) is 1.01. The molecule has 0 bridgehead atoms. The van der Waals surface area contributed by atoms with Crippen LogP contribution in [-0.2, 0) is 0 Å². The van der Waals surface area contributed by atoms with Gasteiger partial charge in [0.1, 0.15) is 5.82 Å². The van der Waals surface area contributed by atoms with E-state index in [0.29, 0.717) is 5.69 Å². The lowest BCUT2D eigenvalue weighted by molar-refractivity contribution is 0.105. The molecule has 0 saturated heterocycles. The van der Waals surface area contributed by atoms with E-state index in [1.165, 1.54) is 6.07 Å². The number of nitrogens with one attached hydrogen (secondary N) is 1. The Morgan fingerprint density at radius 1 is 1.53 bits per heavy atom. The molecule has 0 saturated carbocycles. The third kappa shape index (κ3) is 3.23. The van der Waals surface area contributed by atoms with Crippen molar-refractivity contribution in [2.45, 2.75) is 6.10 Å². The quantitative estimate of drug-likeness (QED) is 0.582. The maximum absolute atomic E-state index is 13.0. The SMILES string of the molecule is Nc1cc(Cl)c(F)cc1NCC(O)CO. The van der Waals surface area contributed by atoms with Gasteiger partial charge in [-0.3, -0.25) is 0 Å². The highest BCUT2D eigenvalue weighted by molar-refractivity contribution is 6.31. The summed E-state index contributed by atoms with van der Waals surface area (Å²) in [5, 5.41) is 20.3. The van der Waals surface area contributed by atoms with Crippen molar-refractivity contribution in [3.8, 4) is 0 Å². The highest BCUT2D eigenvalue weighted by Crippen LogP contribution is 2.25. The number of aliphatic hydroxyl groups excluding tert-OH is 2. The van der Waals surface area contributed by atoms with Crippen LogP contribution >= 0.6 is 11.6 Å². The van der Waals surface area contributed by atoms with Crippen LogP contribution in [0.15, 0.2) is 12.1 Å². The van der Waals surface area contributed by atoms with Gasteiger partial charge in [0, 0.05) is 12.6 Å². The van der Waals surface area contributed by atoms with Crippen molar-refractivity contribution in [2.75, 3.05) is 24.2 Å². The molecular weight excluding hydrogens is 223 g/mol. The summed E-state index contributed by atoms with van der Waals surface area (Å²) in [7, 11) is 0. The first-order valence-corrected chi connectivity index (χ1v) is 4.69. The molecule has 0 fully saturated rings. The summed E-state index contributed by atoms with van der Waals surface area (Å²) in [5.74, 6) is -0.591. The Bertz CT molecular complexity index is 349. The minimum Gasteiger partial charge on any atom is -0.397 e. The Morgan fingerprint density at radius 2 is 2.20 bits per heavy atom. The predicted molar refractivity (Wildman–Crippen MR) is 57.4 cm³/mol. The molecule has 0 aromatic heterocycles. The normalized spacial score (nSPS) is 12.5. The fraction of sp³-hybridized carbons (Fsp3) is 0.333. The van der Waals surface area contributed by atoms with Gasteiger partial charge < -0.3 is 21.3 Å². The summed E-state index contributed by atoms with van der Waals surface area (Å²) in [6.45, 7) is -0.287. The smallest absolute Gasteiger partial charge is 0.143 e. The van der Waals surface area contributed by atoms with Crippen LogP contribution in [0.2, 0.25) is 5.02 Å². The first-order valence-electron chi connectivity index (χ1n) is 4.32. The Labute approximate surface area is 91.5 Å². The second kappa shape index (κ2) is 5.16. The molecule has 0 aliphatic carbocycles. The zero-order valence-electron chi connectivity index (χ0n) is 7.87. The average Bonchev–Trinajstić information content (AvgIpc) is 2.21. The van der Waals surface area contributed by atoms with Gasteiger partial charge in [0.25, 0.3) is 0 Å². The molecule has 84 valence electrons. The minimum atomic E-state index is -0.914. The van der Waals surface area contributed by atoms with E-state index in [0.717, 1.165) is 6.07 Å². The van der Waals surface area contributed by atoms with Crippen LogP contribution in [0, 0.1) is 5.82 Å². The Morgan fingerprint density at radius 3 is 2.80 bits per heavy atom. The van der Waals surface area contributed by atoms with Crippen molar-refractivity contribution >= 4 is 23.0 Å². The van der Waals surface area contributed by atoms with Gasteiger partial charge in [-0.2, -0.15) is 0 Å². The van der Waals surface area contributed by atoms with Crippen molar-refractivity contribution in [2.24, 2.45) is 0 Å². The number of hydrogen-bond acceptors (Lipinski definition) is 4. The molecular formula is C9H12ClFN2O2. The van der Waals surface area contributed by atoms with Gasteiger partial charge in [-0.1, -0.05) is 11.6 Å². The lowest BCUT2D eigenvalue weighted by Gasteiger charge is -2.12. The number of halogens is 2. The Balaban J connectivity index is 2.73. The van der Waals surface area contributed by atoms with Crippen LogP contribution in [0.4, 0.5) is 15.8 Å². The summed E-state index contributed by atoms with van der Waals surface area (Å²) in [4.78, 5) is 0. The lowest BCUT2D eigenvalue weighted by atomic mass is 10.2. The molecule has 1 aromatic carbocycles. The maximum Gasteiger partial charge on any atom is 0.143 e. The van der Waals surface area contributed by atoms with Crippen LogP contribution in [0.3, 0.4) is 0 Å². The van der Waals surface area contributed by atoms with Crippen LogP contribution in [0.25, 0.3) is 0 Å². The largest absolute Gasteiger partial charge is 0.397 e. The molecule has 0 amide bonds. The molecule has 0 aliphatic heterocycles. The number of aliphatic hydroxyl groups is 2. The molecule has 0 heterocycles. The predicted octanol–water partition coefficient (Wildman–Crippen LogP) is 0.826. The van der Waals surface area contributed by atoms with Gasteiger partial charge in [-0.25, -0.2) is 4.39 Å². The van der Waals surface area contributed by atoms with Crippen molar-refractivity contribution in [1.29, 1.82) is 0 Å². The van der Waals surface area contributed by atoms with Gasteiger partial charge in [0.2, 0.25) is 0 Å². The molecule has 1 atom stereocenters. The second-order valence-corrected chi connectivity index (χ2v) is 3.48. The second-order valence-electron chi connectivity index (χ2n) is 3.07. The third-order valence-electron chi connectivity index (χ3n) is 1.83. The van der Waals surface area contributed by atoms with E-state index in [9.17, 15) is 4.39 Å². The van der Waals surface area contributed by atoms with Gasteiger partial charge in [-0.15, -0.1) is 0 Å². The summed E-state index contributed by atoms with van der Waals surface area (Å²) in [6, 6.07) is 2.42. The van der Waals surface area contributed by atoms with Gasteiger partial charge in [-0.05, 0) is 6.07 Å². The number of hydrogen-bond donors (Lipinski definition) is 4. The molecule has 1 aromatic rings. The molecule has 6 heteroatoms. The number of anilines is 2. The topological polar surface area (TPSA) is 78.5 Å². The number of nitrogens with two attached hydrogens (primary N) is 1. The van der Waals surface area contributed by atoms with Crippen molar-refractivity contribution in [1.82, 2.24) is 0 Å². The Kier molecular flexibility index (Phi) is 4.14. The summed E-state index contributed by atoms with van der Waals surface area (Å²) < 4.78 is 13.0. The van der Waals surface area contributed by atoms with Crippen molar-refractivity contribution in [3.63, 3.8) is 0 Å². The first-order chi connectivity index (χ1) is 7.04. The van der Waals surface area contributed by atoms with Gasteiger partial charge in [0.15, 0.2) is 0 Å². The van der Waals surface area contributed by atoms with E-state index in [4.69, 9.17) is 27.5 Å². The molecule has 0 radical (unpaired) electrons. The van der Waals surface area contributed by atoms with E-state index in [1.807, 2.05) is 0 Å². The van der Waals surface area contributed by atoms with Gasteiger partial charge in [0.05, 0.1) is 29.1 Å². The van der Waals surface area contributed by atoms with Crippen LogP contribution in [-0.4, -0.2) is 29.5 Å². The number of benzene rings is 1. The summed E-state index contributed by atoms with van der Waals surface area (Å²) >= 11 is 5.50. The molecule has 15 heavy (non-hydrogen) atoms. The zero-order valence-corrected chi connectivity index (χ0v) is 8.63. The summed E-state index contributed by atoms with van der Waals surface area (Å²) in [6.07, 6.45) is -0.914. The molecule has 1 unspecified atom stereocenters. The van der Waals surface area contributed by atoms with Crippen molar-refractivity contribution in [3.05, 3.63) is 23.0 Å². The van der Waals surface area contributed by atoms with Crippen molar-refractivity contribution < 1.29 is 14.6 Å². The van der Waals surface area contributed by atoms with E-state index in [1.54, 1.807) is 0 Å². The van der Waals surface area contributed by atoms with E-state index >= 15 is 0 Å². The molecule has 0 spiro atoms. The fourth-order valence-corrected chi connectivity index (χ4v) is 1.18. The van der Waals surface area contributed by atoms with E-state index < -0.39 is 11.9 Å². The minimum absolute atomic E-state index is 0.0549. The Hall–Kier alpha value is -1.04. The highest BCUT2D eigenvalue weighted by atomic mass is 35.5. The number of rotatable bonds is 4. The standard InChI is InChI=1S/C9H12ClFN2O2/c10-6-1-8(12)9(2-7(6)11)13-3-5(15)4-14/h1-2,5,13-15H,3-4,12H2. The van der Waals surface area contributed by atoms with Gasteiger partial charge >= 0.3 is 0 Å². The average molecular weight is 235 g/mol. The zero-order chi connectivity index (χ0) is 11.4. The molecule has 0 aliphatic rings. The van der Waals surface area contributed by atoms with E-state index in [-0.39, 0.29) is 23.9 Å². The lowest BCUT2D eigenvalue weighted by Crippen LogP contribution is -2.23. The first kappa shape index (κ1) is 12.0. The molecule has 4 nitrogen and oxygen atoms in total. The molecule has 1 rings (SSSR count). The molecule has 5 N–H and O–H groups in total. The van der Waals surface area contributed by atoms with Crippen LogP contribution in [0.1, 0.15) is 0 Å². The third-order valence-corrected chi connectivity index (χ3v) is 2.12. The maximum atomic E-state index is 13.0. The highest BCUT2D eigenvalue weighted by Gasteiger charge is 2.07. The van der Waals surface area contributed by atoms with Crippen LogP contribution < -0.4 is 11.1 Å². The van der Waals surface area contributed by atoms with Crippen LogP contribution in [0.5, 0.6) is 0 Å². The monoisotopic (exact) mass is 234 g/mol. The number of nitrogen functional groups attached to an aromatic ring is 1. The van der Waals surface area contributed by atoms with E-state index in [2.05, 4.69) is 5.32 Å². The summed E-state index contributed by atoms with van der Waals surface area (Å²) in [5.41, 5.74) is 6.18.